The number of esters is 1. The Hall–Kier alpha value is -1.82. The van der Waals surface area contributed by atoms with Crippen LogP contribution in [0, 0.1) is 0 Å². The van der Waals surface area contributed by atoms with Gasteiger partial charge in [0.25, 0.3) is 0 Å². The lowest BCUT2D eigenvalue weighted by atomic mass is 9.93. The van der Waals surface area contributed by atoms with E-state index in [9.17, 15) is 18.0 Å². The number of halogens is 3. The SMILES string of the molecule is COC(=O)c1cc(C2CCCC2)c(-c2ccccc2C(F)(F)F)s1. The lowest BCUT2D eigenvalue weighted by Crippen LogP contribution is -2.07. The van der Waals surface area contributed by atoms with E-state index in [2.05, 4.69) is 0 Å². The molecule has 0 bridgehead atoms. The summed E-state index contributed by atoms with van der Waals surface area (Å²) < 4.78 is 44.9. The molecule has 0 N–H and O–H groups in total. The Kier molecular flexibility index (Phi) is 4.67. The van der Waals surface area contributed by atoms with Crippen molar-refractivity contribution < 1.29 is 22.7 Å². The average Bonchev–Trinajstić information content (AvgIpc) is 3.22. The molecular formula is C18H17F3O2S. The highest BCUT2D eigenvalue weighted by molar-refractivity contribution is 7.17. The van der Waals surface area contributed by atoms with E-state index in [1.165, 1.54) is 19.2 Å². The molecule has 1 aliphatic rings. The maximum absolute atomic E-state index is 13.4. The third kappa shape index (κ3) is 3.20. The number of alkyl halides is 3. The molecule has 128 valence electrons. The summed E-state index contributed by atoms with van der Waals surface area (Å²) in [5, 5.41) is 0. The lowest BCUT2D eigenvalue weighted by Gasteiger charge is -2.15. The van der Waals surface area contributed by atoms with Crippen molar-refractivity contribution in [3.63, 3.8) is 0 Å². The summed E-state index contributed by atoms with van der Waals surface area (Å²) in [6, 6.07) is 7.27. The minimum absolute atomic E-state index is 0.145. The molecule has 2 aromatic rings. The second-order valence-corrected chi connectivity index (χ2v) is 6.96. The smallest absolute Gasteiger partial charge is 0.417 e. The monoisotopic (exact) mass is 354 g/mol. The average molecular weight is 354 g/mol. The summed E-state index contributed by atoms with van der Waals surface area (Å²) in [6.07, 6.45) is -0.418. The van der Waals surface area contributed by atoms with E-state index in [0.29, 0.717) is 9.75 Å². The van der Waals surface area contributed by atoms with Gasteiger partial charge < -0.3 is 4.74 Å². The Morgan fingerprint density at radius 1 is 1.21 bits per heavy atom. The van der Waals surface area contributed by atoms with Crippen molar-refractivity contribution in [1.29, 1.82) is 0 Å². The first kappa shape index (κ1) is 17.0. The van der Waals surface area contributed by atoms with Crippen LogP contribution in [-0.2, 0) is 10.9 Å². The Morgan fingerprint density at radius 2 is 1.88 bits per heavy atom. The van der Waals surface area contributed by atoms with E-state index in [-0.39, 0.29) is 11.5 Å². The highest BCUT2D eigenvalue weighted by Gasteiger charge is 2.35. The van der Waals surface area contributed by atoms with E-state index in [4.69, 9.17) is 4.74 Å². The number of carbonyl (C=O) groups excluding carboxylic acids is 1. The Labute approximate surface area is 142 Å². The molecule has 1 heterocycles. The van der Waals surface area contributed by atoms with E-state index in [1.54, 1.807) is 12.1 Å². The van der Waals surface area contributed by atoms with Gasteiger partial charge in [-0.05, 0) is 36.5 Å². The first-order chi connectivity index (χ1) is 11.4. The van der Waals surface area contributed by atoms with Crippen LogP contribution in [0.2, 0.25) is 0 Å². The molecule has 2 nitrogen and oxygen atoms in total. The summed E-state index contributed by atoms with van der Waals surface area (Å²) in [6.45, 7) is 0. The number of methoxy groups -OCH3 is 1. The Bertz CT molecular complexity index is 743. The van der Waals surface area contributed by atoms with Gasteiger partial charge in [-0.2, -0.15) is 13.2 Å². The van der Waals surface area contributed by atoms with Crippen molar-refractivity contribution >= 4 is 17.3 Å². The molecule has 0 amide bonds. The normalized spacial score (nSPS) is 15.7. The van der Waals surface area contributed by atoms with Gasteiger partial charge in [-0.3, -0.25) is 0 Å². The summed E-state index contributed by atoms with van der Waals surface area (Å²) in [5.41, 5.74) is 0.323. The molecule has 0 spiro atoms. The standard InChI is InChI=1S/C18H17F3O2S/c1-23-17(22)15-10-13(11-6-2-3-7-11)16(24-15)12-8-4-5-9-14(12)18(19,20)21/h4-5,8-11H,2-3,6-7H2,1H3. The molecule has 0 radical (unpaired) electrons. The van der Waals surface area contributed by atoms with Gasteiger partial charge in [0.1, 0.15) is 4.88 Å². The number of hydrogen-bond donors (Lipinski definition) is 0. The fraction of sp³-hybridized carbons (Fsp3) is 0.389. The van der Waals surface area contributed by atoms with E-state index < -0.39 is 17.7 Å². The van der Waals surface area contributed by atoms with Crippen LogP contribution in [0.25, 0.3) is 10.4 Å². The van der Waals surface area contributed by atoms with Crippen molar-refractivity contribution in [3.05, 3.63) is 46.3 Å². The second-order valence-electron chi connectivity index (χ2n) is 5.91. The van der Waals surface area contributed by atoms with Crippen LogP contribution in [-0.4, -0.2) is 13.1 Å². The summed E-state index contributed by atoms with van der Waals surface area (Å²) >= 11 is 1.09. The van der Waals surface area contributed by atoms with Gasteiger partial charge in [0.2, 0.25) is 0 Å². The molecule has 0 atom stereocenters. The van der Waals surface area contributed by atoms with Gasteiger partial charge in [-0.25, -0.2) is 4.79 Å². The predicted molar refractivity (Wildman–Crippen MR) is 87.3 cm³/mol. The Balaban J connectivity index is 2.16. The van der Waals surface area contributed by atoms with Crippen molar-refractivity contribution in [1.82, 2.24) is 0 Å². The molecule has 1 fully saturated rings. The predicted octanol–water partition coefficient (Wildman–Crippen LogP) is 5.88. The molecule has 1 aliphatic carbocycles. The van der Waals surface area contributed by atoms with Crippen molar-refractivity contribution in [2.45, 2.75) is 37.8 Å². The fourth-order valence-electron chi connectivity index (χ4n) is 3.29. The number of ether oxygens (including phenoxy) is 1. The second kappa shape index (κ2) is 6.59. The van der Waals surface area contributed by atoms with Gasteiger partial charge in [0, 0.05) is 10.4 Å². The quantitative estimate of drug-likeness (QED) is 0.644. The molecule has 0 unspecified atom stereocenters. The fourth-order valence-corrected chi connectivity index (χ4v) is 4.49. The zero-order valence-corrected chi connectivity index (χ0v) is 14.0. The lowest BCUT2D eigenvalue weighted by molar-refractivity contribution is -0.137. The van der Waals surface area contributed by atoms with Crippen molar-refractivity contribution in [3.8, 4) is 10.4 Å². The van der Waals surface area contributed by atoms with Crippen LogP contribution < -0.4 is 0 Å². The van der Waals surface area contributed by atoms with Crippen LogP contribution >= 0.6 is 11.3 Å². The van der Waals surface area contributed by atoms with Crippen LogP contribution in [0.15, 0.2) is 30.3 Å². The molecule has 3 rings (SSSR count). The maximum atomic E-state index is 13.4. The molecule has 1 saturated carbocycles. The van der Waals surface area contributed by atoms with Gasteiger partial charge in [-0.15, -0.1) is 11.3 Å². The van der Waals surface area contributed by atoms with E-state index >= 15 is 0 Å². The summed E-state index contributed by atoms with van der Waals surface area (Å²) in [7, 11) is 1.28. The molecule has 24 heavy (non-hydrogen) atoms. The van der Waals surface area contributed by atoms with E-state index in [0.717, 1.165) is 48.6 Å². The van der Waals surface area contributed by atoms with Crippen molar-refractivity contribution in [2.75, 3.05) is 7.11 Å². The van der Waals surface area contributed by atoms with Crippen LogP contribution in [0.5, 0.6) is 0 Å². The van der Waals surface area contributed by atoms with E-state index in [1.807, 2.05) is 0 Å². The number of hydrogen-bond acceptors (Lipinski definition) is 3. The van der Waals surface area contributed by atoms with Crippen molar-refractivity contribution in [2.24, 2.45) is 0 Å². The number of thiophene rings is 1. The first-order valence-corrected chi connectivity index (χ1v) is 8.62. The molecular weight excluding hydrogens is 337 g/mol. The molecule has 6 heteroatoms. The first-order valence-electron chi connectivity index (χ1n) is 7.80. The maximum Gasteiger partial charge on any atom is 0.417 e. The number of benzene rings is 1. The topological polar surface area (TPSA) is 26.3 Å². The number of rotatable bonds is 3. The van der Waals surface area contributed by atoms with Crippen LogP contribution in [0.3, 0.4) is 0 Å². The third-order valence-corrected chi connectivity index (χ3v) is 5.58. The zero-order chi connectivity index (χ0) is 17.3. The molecule has 1 aromatic carbocycles. The molecule has 0 aliphatic heterocycles. The van der Waals surface area contributed by atoms with Gasteiger partial charge >= 0.3 is 12.1 Å². The molecule has 1 aromatic heterocycles. The minimum atomic E-state index is -4.43. The molecule has 0 saturated heterocycles. The zero-order valence-electron chi connectivity index (χ0n) is 13.2. The van der Waals surface area contributed by atoms with Gasteiger partial charge in [0.05, 0.1) is 12.7 Å². The largest absolute Gasteiger partial charge is 0.465 e. The number of carbonyl (C=O) groups is 1. The van der Waals surface area contributed by atoms with Gasteiger partial charge in [-0.1, -0.05) is 31.0 Å². The highest BCUT2D eigenvalue weighted by atomic mass is 32.1. The summed E-state index contributed by atoms with van der Waals surface area (Å²) in [4.78, 5) is 12.8. The third-order valence-electron chi connectivity index (χ3n) is 4.42. The van der Waals surface area contributed by atoms with Gasteiger partial charge in [0.15, 0.2) is 0 Å². The van der Waals surface area contributed by atoms with Crippen LogP contribution in [0.1, 0.15) is 52.4 Å². The Morgan fingerprint density at radius 3 is 2.50 bits per heavy atom. The van der Waals surface area contributed by atoms with Crippen LogP contribution in [0.4, 0.5) is 13.2 Å². The minimum Gasteiger partial charge on any atom is -0.465 e. The highest BCUT2D eigenvalue weighted by Crippen LogP contribution is 2.46. The summed E-state index contributed by atoms with van der Waals surface area (Å²) in [5.74, 6) is -0.300.